The SMILES string of the molecule is CC1(NCC(O)c2ccc(F)cc2F)CCCCC1. The van der Waals surface area contributed by atoms with Gasteiger partial charge < -0.3 is 10.4 Å². The molecule has 2 nitrogen and oxygen atoms in total. The van der Waals surface area contributed by atoms with E-state index in [1.54, 1.807) is 0 Å². The van der Waals surface area contributed by atoms with E-state index in [9.17, 15) is 13.9 Å². The van der Waals surface area contributed by atoms with Gasteiger partial charge in [-0.25, -0.2) is 8.78 Å². The third kappa shape index (κ3) is 3.74. The van der Waals surface area contributed by atoms with Gasteiger partial charge in [0.2, 0.25) is 0 Å². The molecule has 1 unspecified atom stereocenters. The zero-order valence-corrected chi connectivity index (χ0v) is 11.3. The summed E-state index contributed by atoms with van der Waals surface area (Å²) in [6.45, 7) is 2.43. The van der Waals surface area contributed by atoms with Gasteiger partial charge in [-0.3, -0.25) is 0 Å². The lowest BCUT2D eigenvalue weighted by Gasteiger charge is -2.35. The molecule has 0 saturated heterocycles. The van der Waals surface area contributed by atoms with Crippen LogP contribution in [0.3, 0.4) is 0 Å². The maximum Gasteiger partial charge on any atom is 0.131 e. The van der Waals surface area contributed by atoms with Gasteiger partial charge in [-0.05, 0) is 25.8 Å². The fourth-order valence-electron chi connectivity index (χ4n) is 2.73. The highest BCUT2D eigenvalue weighted by atomic mass is 19.1. The molecule has 19 heavy (non-hydrogen) atoms. The van der Waals surface area contributed by atoms with Crippen molar-refractivity contribution in [1.82, 2.24) is 5.32 Å². The Bertz CT molecular complexity index is 430. The van der Waals surface area contributed by atoms with Gasteiger partial charge in [-0.2, -0.15) is 0 Å². The summed E-state index contributed by atoms with van der Waals surface area (Å²) in [7, 11) is 0. The van der Waals surface area contributed by atoms with Crippen molar-refractivity contribution in [2.45, 2.75) is 50.7 Å². The van der Waals surface area contributed by atoms with Gasteiger partial charge in [0.1, 0.15) is 11.6 Å². The maximum absolute atomic E-state index is 13.5. The van der Waals surface area contributed by atoms with E-state index < -0.39 is 17.7 Å². The molecule has 106 valence electrons. The summed E-state index contributed by atoms with van der Waals surface area (Å²) in [6, 6.07) is 3.28. The van der Waals surface area contributed by atoms with Gasteiger partial charge in [0, 0.05) is 23.7 Å². The first kappa shape index (κ1) is 14.4. The Morgan fingerprint density at radius 1 is 1.26 bits per heavy atom. The third-order valence-corrected chi connectivity index (χ3v) is 4.00. The number of hydrogen-bond donors (Lipinski definition) is 2. The number of β-amino-alcohol motifs (C(OH)–C–C–N with tert-alkyl or cyclic N) is 1. The fourth-order valence-corrected chi connectivity index (χ4v) is 2.73. The minimum absolute atomic E-state index is 0.0235. The van der Waals surface area contributed by atoms with Crippen LogP contribution in [0, 0.1) is 11.6 Å². The van der Waals surface area contributed by atoms with Crippen molar-refractivity contribution in [2.24, 2.45) is 0 Å². The molecule has 1 atom stereocenters. The Labute approximate surface area is 112 Å². The largest absolute Gasteiger partial charge is 0.387 e. The van der Waals surface area contributed by atoms with E-state index in [4.69, 9.17) is 0 Å². The van der Waals surface area contributed by atoms with Crippen molar-refractivity contribution >= 4 is 0 Å². The van der Waals surface area contributed by atoms with Gasteiger partial charge in [-0.15, -0.1) is 0 Å². The first-order valence-corrected chi connectivity index (χ1v) is 6.88. The first-order valence-electron chi connectivity index (χ1n) is 6.88. The average Bonchev–Trinajstić information content (AvgIpc) is 2.37. The normalized spacial score (nSPS) is 20.2. The number of nitrogens with one attached hydrogen (secondary N) is 1. The monoisotopic (exact) mass is 269 g/mol. The lowest BCUT2D eigenvalue weighted by Crippen LogP contribution is -2.45. The van der Waals surface area contributed by atoms with Crippen molar-refractivity contribution in [3.05, 3.63) is 35.4 Å². The highest BCUT2D eigenvalue weighted by Gasteiger charge is 2.27. The summed E-state index contributed by atoms with van der Waals surface area (Å²) >= 11 is 0. The van der Waals surface area contributed by atoms with E-state index in [-0.39, 0.29) is 11.1 Å². The van der Waals surface area contributed by atoms with Crippen LogP contribution in [0.2, 0.25) is 0 Å². The molecule has 2 N–H and O–H groups in total. The van der Waals surface area contributed by atoms with Crippen LogP contribution in [0.1, 0.15) is 50.7 Å². The minimum Gasteiger partial charge on any atom is -0.387 e. The van der Waals surface area contributed by atoms with Crippen LogP contribution in [-0.2, 0) is 0 Å². The van der Waals surface area contributed by atoms with E-state index in [0.717, 1.165) is 18.9 Å². The highest BCUT2D eigenvalue weighted by molar-refractivity contribution is 5.21. The molecular formula is C15H21F2NO. The zero-order chi connectivity index (χ0) is 13.9. The van der Waals surface area contributed by atoms with E-state index in [2.05, 4.69) is 12.2 Å². The van der Waals surface area contributed by atoms with Gasteiger partial charge in [-0.1, -0.05) is 25.3 Å². The second-order valence-corrected chi connectivity index (χ2v) is 5.68. The van der Waals surface area contributed by atoms with Crippen LogP contribution in [0.25, 0.3) is 0 Å². The van der Waals surface area contributed by atoms with Crippen LogP contribution >= 0.6 is 0 Å². The number of halogens is 2. The summed E-state index contributed by atoms with van der Waals surface area (Å²) in [5.74, 6) is -1.32. The van der Waals surface area contributed by atoms with E-state index >= 15 is 0 Å². The number of aliphatic hydroxyl groups excluding tert-OH is 1. The van der Waals surface area contributed by atoms with Crippen molar-refractivity contribution in [2.75, 3.05) is 6.54 Å². The van der Waals surface area contributed by atoms with E-state index in [1.165, 1.54) is 31.4 Å². The predicted molar refractivity (Wildman–Crippen MR) is 70.8 cm³/mol. The van der Waals surface area contributed by atoms with Crippen LogP contribution in [-0.4, -0.2) is 17.2 Å². The molecule has 1 fully saturated rings. The van der Waals surface area contributed by atoms with Crippen LogP contribution in [0.4, 0.5) is 8.78 Å². The molecule has 1 aliphatic carbocycles. The topological polar surface area (TPSA) is 32.3 Å². The molecule has 0 bridgehead atoms. The van der Waals surface area contributed by atoms with Crippen molar-refractivity contribution in [1.29, 1.82) is 0 Å². The van der Waals surface area contributed by atoms with Crippen molar-refractivity contribution < 1.29 is 13.9 Å². The molecule has 1 aromatic carbocycles. The molecule has 4 heteroatoms. The predicted octanol–water partition coefficient (Wildman–Crippen LogP) is 3.31. The Morgan fingerprint density at radius 2 is 1.95 bits per heavy atom. The summed E-state index contributed by atoms with van der Waals surface area (Å²) in [6.07, 6.45) is 4.83. The molecule has 1 aliphatic rings. The smallest absolute Gasteiger partial charge is 0.131 e. The Kier molecular flexibility index (Phi) is 4.53. The van der Waals surface area contributed by atoms with E-state index in [1.807, 2.05) is 0 Å². The molecule has 0 aromatic heterocycles. The summed E-state index contributed by atoms with van der Waals surface area (Å²) in [5, 5.41) is 13.3. The molecule has 2 rings (SSSR count). The third-order valence-electron chi connectivity index (χ3n) is 4.00. The minimum atomic E-state index is -0.945. The fraction of sp³-hybridized carbons (Fsp3) is 0.600. The number of aliphatic hydroxyl groups is 1. The second-order valence-electron chi connectivity index (χ2n) is 5.68. The Hall–Kier alpha value is -1.00. The van der Waals surface area contributed by atoms with Crippen molar-refractivity contribution in [3.63, 3.8) is 0 Å². The van der Waals surface area contributed by atoms with Gasteiger partial charge in [0.15, 0.2) is 0 Å². The number of benzene rings is 1. The van der Waals surface area contributed by atoms with E-state index in [0.29, 0.717) is 6.54 Å². The molecule has 0 radical (unpaired) electrons. The molecule has 1 saturated carbocycles. The van der Waals surface area contributed by atoms with Gasteiger partial charge >= 0.3 is 0 Å². The number of rotatable bonds is 4. The lowest BCUT2D eigenvalue weighted by atomic mass is 9.83. The molecule has 0 amide bonds. The quantitative estimate of drug-likeness (QED) is 0.879. The van der Waals surface area contributed by atoms with Gasteiger partial charge in [0.25, 0.3) is 0 Å². The van der Waals surface area contributed by atoms with Crippen LogP contribution < -0.4 is 5.32 Å². The van der Waals surface area contributed by atoms with Gasteiger partial charge in [0.05, 0.1) is 6.10 Å². The van der Waals surface area contributed by atoms with Crippen LogP contribution in [0.5, 0.6) is 0 Å². The summed E-state index contributed by atoms with van der Waals surface area (Å²) < 4.78 is 26.3. The van der Waals surface area contributed by atoms with Crippen LogP contribution in [0.15, 0.2) is 18.2 Å². The molecule has 0 aliphatic heterocycles. The lowest BCUT2D eigenvalue weighted by molar-refractivity contribution is 0.143. The average molecular weight is 269 g/mol. The zero-order valence-electron chi connectivity index (χ0n) is 11.3. The number of hydrogen-bond acceptors (Lipinski definition) is 2. The highest BCUT2D eigenvalue weighted by Crippen LogP contribution is 2.28. The maximum atomic E-state index is 13.5. The molecule has 0 heterocycles. The summed E-state index contributed by atoms with van der Waals surface area (Å²) in [5.41, 5.74) is 0.170. The Morgan fingerprint density at radius 3 is 2.58 bits per heavy atom. The summed E-state index contributed by atoms with van der Waals surface area (Å²) in [4.78, 5) is 0. The molecular weight excluding hydrogens is 248 g/mol. The molecule has 1 aromatic rings. The Balaban J connectivity index is 1.95. The van der Waals surface area contributed by atoms with Crippen molar-refractivity contribution in [3.8, 4) is 0 Å². The standard InChI is InChI=1S/C15H21F2NO/c1-15(7-3-2-4-8-15)18-10-14(19)12-6-5-11(16)9-13(12)17/h5-6,9,14,18-19H,2-4,7-8,10H2,1H3. The molecule has 0 spiro atoms. The second kappa shape index (κ2) is 5.97. The first-order chi connectivity index (χ1) is 9.00.